The molecule has 4 heteroatoms. The van der Waals surface area contributed by atoms with Crippen molar-refractivity contribution in [2.75, 3.05) is 45.9 Å². The van der Waals surface area contributed by atoms with Gasteiger partial charge in [-0.2, -0.15) is 0 Å². The molecule has 118 valence electrons. The molecule has 0 unspecified atom stereocenters. The highest BCUT2D eigenvalue weighted by molar-refractivity contribution is 5.39. The maximum absolute atomic E-state index is 5.78. The van der Waals surface area contributed by atoms with Crippen LogP contribution in [0, 0.1) is 0 Å². The van der Waals surface area contributed by atoms with E-state index in [2.05, 4.69) is 10.2 Å². The number of rotatable bonds is 9. The topological polar surface area (TPSA) is 33.7 Å². The van der Waals surface area contributed by atoms with Gasteiger partial charge in [-0.15, -0.1) is 0 Å². The third-order valence-electron chi connectivity index (χ3n) is 3.74. The van der Waals surface area contributed by atoms with Crippen LogP contribution in [0.3, 0.4) is 0 Å². The molecule has 1 aromatic carbocycles. The van der Waals surface area contributed by atoms with Crippen molar-refractivity contribution >= 4 is 0 Å². The Morgan fingerprint density at radius 2 is 1.71 bits per heavy atom. The van der Waals surface area contributed by atoms with Gasteiger partial charge in [0, 0.05) is 19.6 Å². The van der Waals surface area contributed by atoms with E-state index in [1.54, 1.807) is 0 Å². The van der Waals surface area contributed by atoms with Crippen molar-refractivity contribution < 1.29 is 9.47 Å². The summed E-state index contributed by atoms with van der Waals surface area (Å²) in [4.78, 5) is 2.54. The van der Waals surface area contributed by atoms with E-state index in [9.17, 15) is 0 Å². The molecule has 0 saturated carbocycles. The average Bonchev–Trinajstić information content (AvgIpc) is 2.53. The summed E-state index contributed by atoms with van der Waals surface area (Å²) in [6, 6.07) is 7.84. The van der Waals surface area contributed by atoms with Gasteiger partial charge in [0.15, 0.2) is 11.5 Å². The highest BCUT2D eigenvalue weighted by Gasteiger charge is 2.08. The summed E-state index contributed by atoms with van der Waals surface area (Å²) in [6.45, 7) is 8.90. The molecule has 1 aromatic rings. The van der Waals surface area contributed by atoms with Gasteiger partial charge < -0.3 is 19.7 Å². The number of likely N-dealkylation sites (tertiary alicyclic amines) is 1. The van der Waals surface area contributed by atoms with Crippen LogP contribution in [-0.4, -0.2) is 50.8 Å². The molecule has 0 aliphatic carbocycles. The van der Waals surface area contributed by atoms with Crippen LogP contribution in [0.5, 0.6) is 11.5 Å². The van der Waals surface area contributed by atoms with Crippen molar-refractivity contribution in [2.24, 2.45) is 0 Å². The van der Waals surface area contributed by atoms with Crippen LogP contribution < -0.4 is 14.8 Å². The van der Waals surface area contributed by atoms with Crippen LogP contribution in [0.25, 0.3) is 0 Å². The quantitative estimate of drug-likeness (QED) is 0.709. The number of benzene rings is 1. The van der Waals surface area contributed by atoms with Gasteiger partial charge in [-0.25, -0.2) is 0 Å². The second-order valence-electron chi connectivity index (χ2n) is 5.38. The van der Waals surface area contributed by atoms with E-state index in [0.29, 0.717) is 13.2 Å². The number of hydrogen-bond donors (Lipinski definition) is 1. The van der Waals surface area contributed by atoms with Crippen LogP contribution in [0.1, 0.15) is 26.2 Å². The molecule has 2 rings (SSSR count). The third-order valence-corrected chi connectivity index (χ3v) is 3.74. The van der Waals surface area contributed by atoms with E-state index in [1.807, 2.05) is 31.2 Å². The smallest absolute Gasteiger partial charge is 0.161 e. The predicted octanol–water partition coefficient (Wildman–Crippen LogP) is 2.54. The maximum Gasteiger partial charge on any atom is 0.161 e. The Hall–Kier alpha value is -1.26. The first kappa shape index (κ1) is 16.1. The zero-order valence-corrected chi connectivity index (χ0v) is 13.1. The number of nitrogens with zero attached hydrogens (tertiary/aromatic N) is 1. The Morgan fingerprint density at radius 1 is 1.00 bits per heavy atom. The van der Waals surface area contributed by atoms with Crippen LogP contribution in [0.2, 0.25) is 0 Å². The first-order valence-corrected chi connectivity index (χ1v) is 8.18. The SMILES string of the molecule is CCOc1ccccc1OCCNCCN1CCCCC1. The van der Waals surface area contributed by atoms with E-state index < -0.39 is 0 Å². The first-order valence-electron chi connectivity index (χ1n) is 8.18. The van der Waals surface area contributed by atoms with Crippen molar-refractivity contribution in [3.63, 3.8) is 0 Å². The van der Waals surface area contributed by atoms with E-state index >= 15 is 0 Å². The van der Waals surface area contributed by atoms with Gasteiger partial charge in [-0.05, 0) is 45.0 Å². The van der Waals surface area contributed by atoms with Gasteiger partial charge in [0.25, 0.3) is 0 Å². The molecule has 21 heavy (non-hydrogen) atoms. The van der Waals surface area contributed by atoms with Crippen LogP contribution >= 0.6 is 0 Å². The zero-order valence-electron chi connectivity index (χ0n) is 13.1. The number of nitrogens with one attached hydrogen (secondary N) is 1. The molecule has 1 fully saturated rings. The molecule has 0 atom stereocenters. The second-order valence-corrected chi connectivity index (χ2v) is 5.38. The molecule has 0 bridgehead atoms. The van der Waals surface area contributed by atoms with Gasteiger partial charge in [0.2, 0.25) is 0 Å². The molecule has 1 saturated heterocycles. The number of para-hydroxylation sites is 2. The Morgan fingerprint density at radius 3 is 2.43 bits per heavy atom. The number of piperidine rings is 1. The fourth-order valence-corrected chi connectivity index (χ4v) is 2.62. The number of ether oxygens (including phenoxy) is 2. The molecule has 1 aliphatic rings. The molecule has 1 heterocycles. The fraction of sp³-hybridized carbons (Fsp3) is 0.647. The zero-order chi connectivity index (χ0) is 14.8. The summed E-state index contributed by atoms with van der Waals surface area (Å²) in [7, 11) is 0. The lowest BCUT2D eigenvalue weighted by atomic mass is 10.1. The molecule has 1 aliphatic heterocycles. The van der Waals surface area contributed by atoms with Crippen LogP contribution in [0.4, 0.5) is 0 Å². The Balaban J connectivity index is 1.57. The van der Waals surface area contributed by atoms with Crippen molar-refractivity contribution in [1.82, 2.24) is 10.2 Å². The number of hydrogen-bond acceptors (Lipinski definition) is 4. The van der Waals surface area contributed by atoms with Gasteiger partial charge in [-0.3, -0.25) is 0 Å². The lowest BCUT2D eigenvalue weighted by molar-refractivity contribution is 0.225. The minimum absolute atomic E-state index is 0.661. The van der Waals surface area contributed by atoms with Gasteiger partial charge in [-0.1, -0.05) is 18.6 Å². The summed E-state index contributed by atoms with van der Waals surface area (Å²) in [5, 5.41) is 3.45. The highest BCUT2D eigenvalue weighted by Crippen LogP contribution is 2.25. The monoisotopic (exact) mass is 292 g/mol. The molecule has 0 spiro atoms. The summed E-state index contributed by atoms with van der Waals surface area (Å²) < 4.78 is 11.3. The van der Waals surface area contributed by atoms with Crippen molar-refractivity contribution in [3.05, 3.63) is 24.3 Å². The van der Waals surface area contributed by atoms with E-state index in [-0.39, 0.29) is 0 Å². The first-order chi connectivity index (χ1) is 10.4. The lowest BCUT2D eigenvalue weighted by Crippen LogP contribution is -2.36. The third kappa shape index (κ3) is 5.94. The fourth-order valence-electron chi connectivity index (χ4n) is 2.62. The molecule has 4 nitrogen and oxygen atoms in total. The van der Waals surface area contributed by atoms with Gasteiger partial charge >= 0.3 is 0 Å². The van der Waals surface area contributed by atoms with Gasteiger partial charge in [0.05, 0.1) is 6.61 Å². The van der Waals surface area contributed by atoms with Crippen molar-refractivity contribution in [2.45, 2.75) is 26.2 Å². The molecule has 0 amide bonds. The molecule has 1 N–H and O–H groups in total. The Bertz CT molecular complexity index is 392. The van der Waals surface area contributed by atoms with Gasteiger partial charge in [0.1, 0.15) is 6.61 Å². The highest BCUT2D eigenvalue weighted by atomic mass is 16.5. The van der Waals surface area contributed by atoms with Crippen molar-refractivity contribution in [1.29, 1.82) is 0 Å². The predicted molar refractivity (Wildman–Crippen MR) is 86.3 cm³/mol. The van der Waals surface area contributed by atoms with Crippen LogP contribution in [0.15, 0.2) is 24.3 Å². The normalized spacial score (nSPS) is 15.9. The van der Waals surface area contributed by atoms with E-state index in [0.717, 1.165) is 31.1 Å². The van der Waals surface area contributed by atoms with Crippen LogP contribution in [-0.2, 0) is 0 Å². The standard InChI is InChI=1S/C17H28N2O2/c1-2-20-16-8-4-5-9-17(16)21-15-11-18-10-14-19-12-6-3-7-13-19/h4-5,8-9,18H,2-3,6-7,10-15H2,1H3. The summed E-state index contributed by atoms with van der Waals surface area (Å²) in [5.41, 5.74) is 0. The average molecular weight is 292 g/mol. The lowest BCUT2D eigenvalue weighted by Gasteiger charge is -2.26. The summed E-state index contributed by atoms with van der Waals surface area (Å²) in [6.07, 6.45) is 4.12. The molecular formula is C17H28N2O2. The minimum atomic E-state index is 0.661. The van der Waals surface area contributed by atoms with E-state index in [4.69, 9.17) is 9.47 Å². The molecular weight excluding hydrogens is 264 g/mol. The summed E-state index contributed by atoms with van der Waals surface area (Å²) in [5.74, 6) is 1.66. The summed E-state index contributed by atoms with van der Waals surface area (Å²) >= 11 is 0. The molecule has 0 radical (unpaired) electrons. The van der Waals surface area contributed by atoms with Crippen molar-refractivity contribution in [3.8, 4) is 11.5 Å². The largest absolute Gasteiger partial charge is 0.490 e. The molecule has 0 aromatic heterocycles. The second kappa shape index (κ2) is 9.64. The van der Waals surface area contributed by atoms with E-state index in [1.165, 1.54) is 32.4 Å². The maximum atomic E-state index is 5.78. The Kier molecular flexibility index (Phi) is 7.39. The Labute approximate surface area is 128 Å². The minimum Gasteiger partial charge on any atom is -0.490 e.